The molecule has 2 aliphatic heterocycles. The van der Waals surface area contributed by atoms with Crippen LogP contribution >= 0.6 is 0 Å². The molecule has 3 amide bonds. The van der Waals surface area contributed by atoms with Crippen molar-refractivity contribution in [2.24, 2.45) is 5.41 Å². The predicted octanol–water partition coefficient (Wildman–Crippen LogP) is 2.06. The number of ether oxygens (including phenoxy) is 1. The van der Waals surface area contributed by atoms with Crippen molar-refractivity contribution >= 4 is 27.9 Å². The summed E-state index contributed by atoms with van der Waals surface area (Å²) in [6.45, 7) is 7.51. The normalized spacial score (nSPS) is 34.0. The standard InChI is InChI=1S/C27H44N4O7S/c1-25(2,3)38-24(35)28-19-11-8-6-5-7-9-15-26(4)17-27(26,23(34)30-39(36,37)18-13-14-18)29-21(32)20-12-10-16-31(20)22(19)33/h9,15,18-20,23,30,34H,5-8,10-14,16-17H2,1-4H3,(H,28,35)(H,29,32)/b15-9-/t19-,20-,23?,26?,27-/m0/s1. The van der Waals surface area contributed by atoms with Gasteiger partial charge >= 0.3 is 6.09 Å². The Hall–Kier alpha value is -2.18. The van der Waals surface area contributed by atoms with E-state index in [1.54, 1.807) is 20.8 Å². The molecule has 0 aromatic rings. The number of hydrogen-bond acceptors (Lipinski definition) is 7. The monoisotopic (exact) mass is 568 g/mol. The van der Waals surface area contributed by atoms with Gasteiger partial charge in [0.2, 0.25) is 21.8 Å². The third-order valence-corrected chi connectivity index (χ3v) is 10.2. The van der Waals surface area contributed by atoms with Gasteiger partial charge in [0.25, 0.3) is 0 Å². The number of nitrogens with zero attached hydrogens (tertiary/aromatic N) is 1. The summed E-state index contributed by atoms with van der Waals surface area (Å²) >= 11 is 0. The van der Waals surface area contributed by atoms with Crippen LogP contribution in [0.1, 0.15) is 91.9 Å². The Labute approximate surface area is 231 Å². The summed E-state index contributed by atoms with van der Waals surface area (Å²) in [5.41, 5.74) is -2.60. The number of amides is 3. The van der Waals surface area contributed by atoms with Crippen molar-refractivity contribution < 1.29 is 32.6 Å². The molecule has 3 fully saturated rings. The zero-order chi connectivity index (χ0) is 28.6. The van der Waals surface area contributed by atoms with Crippen LogP contribution in [0.2, 0.25) is 0 Å². The number of sulfonamides is 1. The van der Waals surface area contributed by atoms with Crippen LogP contribution in [-0.4, -0.2) is 77.6 Å². The molecule has 1 saturated heterocycles. The van der Waals surface area contributed by atoms with Crippen LogP contribution in [-0.2, 0) is 24.3 Å². The molecule has 0 aromatic carbocycles. The third kappa shape index (κ3) is 6.77. The number of fused-ring (bicyclic) bond motifs is 2. The highest BCUT2D eigenvalue weighted by molar-refractivity contribution is 7.90. The molecule has 4 aliphatic rings. The zero-order valence-corrected chi connectivity index (χ0v) is 24.3. The summed E-state index contributed by atoms with van der Waals surface area (Å²) in [7, 11) is -3.71. The minimum atomic E-state index is -3.71. The van der Waals surface area contributed by atoms with Gasteiger partial charge in [-0.15, -0.1) is 0 Å². The van der Waals surface area contributed by atoms with Crippen molar-refractivity contribution in [3.63, 3.8) is 0 Å². The first kappa shape index (κ1) is 29.8. The fourth-order valence-corrected chi connectivity index (χ4v) is 7.24. The summed E-state index contributed by atoms with van der Waals surface area (Å²) in [4.78, 5) is 41.4. The number of allylic oxidation sites excluding steroid dienone is 1. The second-order valence-electron chi connectivity index (χ2n) is 12.7. The number of aliphatic hydroxyl groups excluding tert-OH is 1. The fourth-order valence-electron chi connectivity index (χ4n) is 5.78. The molecule has 39 heavy (non-hydrogen) atoms. The number of rotatable bonds is 5. The Kier molecular flexibility index (Phi) is 8.41. The van der Waals surface area contributed by atoms with Crippen molar-refractivity contribution in [1.82, 2.24) is 20.3 Å². The molecule has 0 bridgehead atoms. The summed E-state index contributed by atoms with van der Waals surface area (Å²) in [6, 6.07) is -1.62. The molecule has 220 valence electrons. The third-order valence-electron chi connectivity index (χ3n) is 8.27. The lowest BCUT2D eigenvalue weighted by atomic mass is 9.98. The van der Waals surface area contributed by atoms with Gasteiger partial charge in [-0.05, 0) is 72.1 Å². The molecule has 5 atom stereocenters. The lowest BCUT2D eigenvalue weighted by Gasteiger charge is -2.33. The molecule has 2 aliphatic carbocycles. The molecule has 4 N–H and O–H groups in total. The number of hydrogen-bond donors (Lipinski definition) is 4. The van der Waals surface area contributed by atoms with Crippen LogP contribution in [0.3, 0.4) is 0 Å². The van der Waals surface area contributed by atoms with Gasteiger partial charge in [0.1, 0.15) is 23.9 Å². The smallest absolute Gasteiger partial charge is 0.408 e. The predicted molar refractivity (Wildman–Crippen MR) is 145 cm³/mol. The van der Waals surface area contributed by atoms with Crippen molar-refractivity contribution in [2.75, 3.05) is 6.54 Å². The van der Waals surface area contributed by atoms with Crippen LogP contribution < -0.4 is 15.4 Å². The molecule has 4 rings (SSSR count). The van der Waals surface area contributed by atoms with E-state index in [0.717, 1.165) is 19.3 Å². The van der Waals surface area contributed by atoms with E-state index >= 15 is 0 Å². The van der Waals surface area contributed by atoms with E-state index in [1.807, 2.05) is 19.1 Å². The van der Waals surface area contributed by atoms with Crippen molar-refractivity contribution in [3.05, 3.63) is 12.2 Å². The van der Waals surface area contributed by atoms with Crippen molar-refractivity contribution in [1.29, 1.82) is 0 Å². The first-order valence-corrected chi connectivity index (χ1v) is 15.7. The maximum absolute atomic E-state index is 13.7. The van der Waals surface area contributed by atoms with Crippen molar-refractivity contribution in [3.8, 4) is 0 Å². The Morgan fingerprint density at radius 2 is 1.87 bits per heavy atom. The molecule has 0 radical (unpaired) electrons. The van der Waals surface area contributed by atoms with E-state index in [0.29, 0.717) is 51.5 Å². The Balaban J connectivity index is 1.57. The average Bonchev–Trinajstić information content (AvgIpc) is 3.71. The zero-order valence-electron chi connectivity index (χ0n) is 23.5. The highest BCUT2D eigenvalue weighted by Gasteiger charge is 2.69. The molecule has 2 saturated carbocycles. The molecule has 12 heteroatoms. The number of carbonyl (C=O) groups excluding carboxylic acids is 3. The first-order valence-electron chi connectivity index (χ1n) is 14.2. The van der Waals surface area contributed by atoms with Gasteiger partial charge in [-0.1, -0.05) is 31.9 Å². The first-order chi connectivity index (χ1) is 18.2. The number of alkyl carbamates (subject to hydrolysis) is 1. The topological polar surface area (TPSA) is 154 Å². The summed E-state index contributed by atoms with van der Waals surface area (Å²) < 4.78 is 33.1. The van der Waals surface area contributed by atoms with E-state index < -0.39 is 62.1 Å². The van der Waals surface area contributed by atoms with E-state index in [1.165, 1.54) is 4.90 Å². The number of nitrogens with one attached hydrogen (secondary N) is 3. The number of carbonyl (C=O) groups is 3. The van der Waals surface area contributed by atoms with Gasteiger partial charge in [0.05, 0.1) is 10.8 Å². The van der Waals surface area contributed by atoms with Gasteiger partial charge in [-0.2, -0.15) is 4.72 Å². The lowest BCUT2D eigenvalue weighted by Crippen LogP contribution is -2.60. The van der Waals surface area contributed by atoms with E-state index in [2.05, 4.69) is 15.4 Å². The van der Waals surface area contributed by atoms with Gasteiger partial charge in [0, 0.05) is 12.0 Å². The maximum atomic E-state index is 13.7. The second kappa shape index (κ2) is 11.0. The average molecular weight is 569 g/mol. The van der Waals surface area contributed by atoms with Gasteiger partial charge < -0.3 is 25.4 Å². The minimum absolute atomic E-state index is 0.339. The van der Waals surface area contributed by atoms with Crippen LogP contribution in [0, 0.1) is 5.41 Å². The molecule has 2 unspecified atom stereocenters. The molecule has 11 nitrogen and oxygen atoms in total. The quantitative estimate of drug-likeness (QED) is 0.292. The second-order valence-corrected chi connectivity index (χ2v) is 14.7. The van der Waals surface area contributed by atoms with E-state index in [9.17, 15) is 27.9 Å². The van der Waals surface area contributed by atoms with Gasteiger partial charge in [-0.3, -0.25) is 9.59 Å². The highest BCUT2D eigenvalue weighted by atomic mass is 32.2. The van der Waals surface area contributed by atoms with Crippen molar-refractivity contribution in [2.45, 2.75) is 127 Å². The largest absolute Gasteiger partial charge is 0.444 e. The fraction of sp³-hybridized carbons (Fsp3) is 0.815. The van der Waals surface area contributed by atoms with Gasteiger partial charge in [0.15, 0.2) is 0 Å². The minimum Gasteiger partial charge on any atom is -0.444 e. The molecule has 0 spiro atoms. The molecular formula is C27H44N4O7S. The van der Waals surface area contributed by atoms with Crippen LogP contribution in [0.4, 0.5) is 4.79 Å². The highest BCUT2D eigenvalue weighted by Crippen LogP contribution is 2.59. The molecule has 0 aromatic heterocycles. The van der Waals surface area contributed by atoms with E-state index in [-0.39, 0.29) is 5.91 Å². The van der Waals surface area contributed by atoms with Crippen LogP contribution in [0.15, 0.2) is 12.2 Å². The SMILES string of the molecule is CC(C)(C)OC(=O)N[C@H]1CCCCC/C=C\C2(C)C[C@@]2(C(O)NS(=O)(=O)C2CC2)NC(=O)[C@@H]2CCCN2C1=O. The van der Waals surface area contributed by atoms with Gasteiger partial charge in [-0.25, -0.2) is 13.2 Å². The Bertz CT molecular complexity index is 1100. The lowest BCUT2D eigenvalue weighted by molar-refractivity contribution is -0.141. The van der Waals surface area contributed by atoms with Crippen LogP contribution in [0.5, 0.6) is 0 Å². The maximum Gasteiger partial charge on any atom is 0.408 e. The van der Waals surface area contributed by atoms with Crippen LogP contribution in [0.25, 0.3) is 0 Å². The summed E-state index contributed by atoms with van der Waals surface area (Å²) in [5.74, 6) is -0.775. The Morgan fingerprint density at radius 1 is 1.15 bits per heavy atom. The summed E-state index contributed by atoms with van der Waals surface area (Å²) in [5, 5.41) is 16.3. The number of aliphatic hydroxyl groups is 1. The Morgan fingerprint density at radius 3 is 2.54 bits per heavy atom. The molecule has 2 heterocycles. The molecular weight excluding hydrogens is 524 g/mol. The summed E-state index contributed by atoms with van der Waals surface area (Å²) in [6.07, 6.45) is 7.91. The van der Waals surface area contributed by atoms with E-state index in [4.69, 9.17) is 4.74 Å².